The van der Waals surface area contributed by atoms with Gasteiger partial charge in [0.25, 0.3) is 0 Å². The summed E-state index contributed by atoms with van der Waals surface area (Å²) in [4.78, 5) is 32.4. The van der Waals surface area contributed by atoms with Crippen molar-refractivity contribution in [2.75, 3.05) is 38.7 Å². The quantitative estimate of drug-likeness (QED) is 0.252. The molecule has 0 aromatic carbocycles. The van der Waals surface area contributed by atoms with Crippen molar-refractivity contribution in [3.63, 3.8) is 0 Å². The second kappa shape index (κ2) is 11.9. The zero-order chi connectivity index (χ0) is 14.5. The van der Waals surface area contributed by atoms with Crippen LogP contribution in [0.2, 0.25) is 0 Å². The van der Waals surface area contributed by atoms with Crippen molar-refractivity contribution in [3.05, 3.63) is 0 Å². The summed E-state index contributed by atoms with van der Waals surface area (Å²) in [6.07, 6.45) is 0.667. The molecule has 2 amide bonds. The number of hydrogen-bond donors (Lipinski definition) is 3. The molecule has 0 saturated heterocycles. The van der Waals surface area contributed by atoms with Crippen molar-refractivity contribution < 1.29 is 23.9 Å². The highest BCUT2D eigenvalue weighted by Crippen LogP contribution is 1.88. The van der Waals surface area contributed by atoms with Gasteiger partial charge < -0.3 is 24.9 Å². The number of amides is 2. The number of nitrogens with one attached hydrogen (secondary N) is 2. The Balaban J connectivity index is 3.56. The zero-order valence-corrected chi connectivity index (χ0v) is 11.8. The Morgan fingerprint density at radius 3 is 2.53 bits per heavy atom. The lowest BCUT2D eigenvalue weighted by molar-refractivity contribution is -0.127. The standard InChI is InChI=1S/C11H20N2O5S/c1-9(15)13-10(8-19)11(16)12-2-4-17-6-7-18-5-3-14/h3,10,19H,2,4-8H2,1H3,(H,12,16)(H,13,15)/t10-/m0/s1. The van der Waals surface area contributed by atoms with Gasteiger partial charge in [0.15, 0.2) is 0 Å². The van der Waals surface area contributed by atoms with Crippen LogP contribution in [-0.4, -0.2) is 62.9 Å². The third kappa shape index (κ3) is 10.5. The summed E-state index contributed by atoms with van der Waals surface area (Å²) < 4.78 is 10.0. The second-order valence-electron chi connectivity index (χ2n) is 3.58. The van der Waals surface area contributed by atoms with E-state index < -0.39 is 6.04 Å². The van der Waals surface area contributed by atoms with Crippen LogP contribution in [0.4, 0.5) is 0 Å². The Morgan fingerprint density at radius 2 is 1.95 bits per heavy atom. The molecule has 0 saturated carbocycles. The van der Waals surface area contributed by atoms with Gasteiger partial charge in [-0.25, -0.2) is 0 Å². The fourth-order valence-corrected chi connectivity index (χ4v) is 1.42. The number of carbonyl (C=O) groups excluding carboxylic acids is 3. The molecule has 0 aliphatic rings. The highest BCUT2D eigenvalue weighted by molar-refractivity contribution is 7.80. The number of carbonyl (C=O) groups is 3. The molecular weight excluding hydrogens is 272 g/mol. The van der Waals surface area contributed by atoms with Crippen molar-refractivity contribution in [1.82, 2.24) is 10.6 Å². The molecule has 0 aromatic heterocycles. The van der Waals surface area contributed by atoms with Gasteiger partial charge in [0.05, 0.1) is 19.8 Å². The molecule has 0 radical (unpaired) electrons. The molecule has 0 unspecified atom stereocenters. The maximum absolute atomic E-state index is 11.6. The van der Waals surface area contributed by atoms with Gasteiger partial charge >= 0.3 is 0 Å². The van der Waals surface area contributed by atoms with Crippen LogP contribution in [0.5, 0.6) is 0 Å². The third-order valence-electron chi connectivity index (χ3n) is 1.98. The smallest absolute Gasteiger partial charge is 0.243 e. The van der Waals surface area contributed by atoms with Crippen LogP contribution in [0.25, 0.3) is 0 Å². The summed E-state index contributed by atoms with van der Waals surface area (Å²) in [6.45, 7) is 2.74. The molecule has 1 atom stereocenters. The molecule has 8 heteroatoms. The van der Waals surface area contributed by atoms with Gasteiger partial charge in [-0.15, -0.1) is 0 Å². The van der Waals surface area contributed by atoms with Crippen LogP contribution < -0.4 is 10.6 Å². The Hall–Kier alpha value is -1.12. The Labute approximate surface area is 117 Å². The molecule has 19 heavy (non-hydrogen) atoms. The van der Waals surface area contributed by atoms with Gasteiger partial charge in [-0.3, -0.25) is 9.59 Å². The lowest BCUT2D eigenvalue weighted by Gasteiger charge is -2.15. The second-order valence-corrected chi connectivity index (χ2v) is 3.95. The normalized spacial score (nSPS) is 11.7. The fourth-order valence-electron chi connectivity index (χ4n) is 1.16. The first-order chi connectivity index (χ1) is 9.11. The van der Waals surface area contributed by atoms with Crippen LogP contribution in [0, 0.1) is 0 Å². The van der Waals surface area contributed by atoms with Crippen LogP contribution in [0.15, 0.2) is 0 Å². The predicted molar refractivity (Wildman–Crippen MR) is 72.2 cm³/mol. The number of ether oxygens (including phenoxy) is 2. The van der Waals surface area contributed by atoms with Gasteiger partial charge in [0.2, 0.25) is 11.8 Å². The van der Waals surface area contributed by atoms with E-state index >= 15 is 0 Å². The molecule has 0 fully saturated rings. The van der Waals surface area contributed by atoms with Crippen LogP contribution in [-0.2, 0) is 23.9 Å². The van der Waals surface area contributed by atoms with E-state index in [1.54, 1.807) is 0 Å². The Bertz CT molecular complexity index is 288. The fraction of sp³-hybridized carbons (Fsp3) is 0.727. The highest BCUT2D eigenvalue weighted by atomic mass is 32.1. The summed E-state index contributed by atoms with van der Waals surface area (Å²) in [7, 11) is 0. The SMILES string of the molecule is CC(=O)N[C@@H](CS)C(=O)NCCOCCOCC=O. The van der Waals surface area contributed by atoms with Crippen LogP contribution in [0.1, 0.15) is 6.92 Å². The van der Waals surface area contributed by atoms with Gasteiger partial charge in [0, 0.05) is 19.2 Å². The van der Waals surface area contributed by atoms with E-state index in [1.807, 2.05) is 0 Å². The first-order valence-corrected chi connectivity index (χ1v) is 6.49. The Morgan fingerprint density at radius 1 is 1.26 bits per heavy atom. The third-order valence-corrected chi connectivity index (χ3v) is 2.35. The average molecular weight is 292 g/mol. The van der Waals surface area contributed by atoms with Crippen LogP contribution >= 0.6 is 12.6 Å². The average Bonchev–Trinajstić information content (AvgIpc) is 2.38. The summed E-state index contributed by atoms with van der Waals surface area (Å²) in [5.74, 6) is -0.352. The van der Waals surface area contributed by atoms with E-state index in [1.165, 1.54) is 6.92 Å². The van der Waals surface area contributed by atoms with Gasteiger partial charge in [-0.2, -0.15) is 12.6 Å². The van der Waals surface area contributed by atoms with Crippen molar-refractivity contribution in [1.29, 1.82) is 0 Å². The maximum atomic E-state index is 11.6. The molecule has 7 nitrogen and oxygen atoms in total. The minimum absolute atomic E-state index is 0.0560. The van der Waals surface area contributed by atoms with Gasteiger partial charge in [0.1, 0.15) is 18.9 Å². The lowest BCUT2D eigenvalue weighted by atomic mass is 10.3. The molecule has 0 spiro atoms. The minimum atomic E-state index is -0.642. The van der Waals surface area contributed by atoms with Gasteiger partial charge in [-0.05, 0) is 0 Å². The van der Waals surface area contributed by atoms with Crippen molar-refractivity contribution in [2.45, 2.75) is 13.0 Å². The zero-order valence-electron chi connectivity index (χ0n) is 10.9. The molecule has 110 valence electrons. The van der Waals surface area contributed by atoms with Crippen molar-refractivity contribution in [2.24, 2.45) is 0 Å². The Kier molecular flexibility index (Phi) is 11.2. The molecule has 2 N–H and O–H groups in total. The number of thiol groups is 1. The lowest BCUT2D eigenvalue weighted by Crippen LogP contribution is -2.48. The van der Waals surface area contributed by atoms with Crippen molar-refractivity contribution >= 4 is 30.7 Å². The number of aldehydes is 1. The van der Waals surface area contributed by atoms with Crippen LogP contribution in [0.3, 0.4) is 0 Å². The molecular formula is C11H20N2O5S. The van der Waals surface area contributed by atoms with E-state index in [9.17, 15) is 14.4 Å². The molecule has 0 rings (SSSR count). The molecule has 0 bridgehead atoms. The van der Waals surface area contributed by atoms with E-state index in [-0.39, 0.29) is 24.2 Å². The summed E-state index contributed by atoms with van der Waals surface area (Å²) >= 11 is 3.99. The number of hydrogen-bond acceptors (Lipinski definition) is 6. The summed E-state index contributed by atoms with van der Waals surface area (Å²) in [5, 5.41) is 5.10. The van der Waals surface area contributed by atoms with E-state index in [0.29, 0.717) is 32.7 Å². The summed E-state index contributed by atoms with van der Waals surface area (Å²) in [5.41, 5.74) is 0. The molecule has 0 heterocycles. The van der Waals surface area contributed by atoms with Crippen molar-refractivity contribution in [3.8, 4) is 0 Å². The molecule has 0 aliphatic heterocycles. The first kappa shape index (κ1) is 17.9. The predicted octanol–water partition coefficient (Wildman–Crippen LogP) is -1.23. The maximum Gasteiger partial charge on any atom is 0.243 e. The largest absolute Gasteiger partial charge is 0.377 e. The van der Waals surface area contributed by atoms with E-state index in [0.717, 1.165) is 0 Å². The topological polar surface area (TPSA) is 93.7 Å². The highest BCUT2D eigenvalue weighted by Gasteiger charge is 2.16. The van der Waals surface area contributed by atoms with Gasteiger partial charge in [-0.1, -0.05) is 0 Å². The van der Waals surface area contributed by atoms with E-state index in [4.69, 9.17) is 9.47 Å². The first-order valence-electron chi connectivity index (χ1n) is 5.86. The number of rotatable bonds is 11. The molecule has 0 aromatic rings. The van der Waals surface area contributed by atoms with E-state index in [2.05, 4.69) is 23.3 Å². The molecule has 0 aliphatic carbocycles. The monoisotopic (exact) mass is 292 g/mol. The summed E-state index contributed by atoms with van der Waals surface area (Å²) in [6, 6.07) is -0.642. The minimum Gasteiger partial charge on any atom is -0.377 e.